The van der Waals surface area contributed by atoms with Gasteiger partial charge in [-0.25, -0.2) is 4.39 Å². The van der Waals surface area contributed by atoms with E-state index in [2.05, 4.69) is 4.98 Å². The van der Waals surface area contributed by atoms with Crippen molar-refractivity contribution in [3.8, 4) is 0 Å². The molecule has 0 spiro atoms. The van der Waals surface area contributed by atoms with Crippen molar-refractivity contribution in [2.75, 3.05) is 0 Å². The third-order valence-electron chi connectivity index (χ3n) is 2.98. The number of hydrogen-bond donors (Lipinski definition) is 0. The first-order chi connectivity index (χ1) is 9.70. The molecule has 6 heteroatoms. The van der Waals surface area contributed by atoms with Crippen molar-refractivity contribution in [1.82, 2.24) is 4.98 Å². The minimum atomic E-state index is -4.53. The Balaban J connectivity index is 2.42. The maximum Gasteiger partial charge on any atom is 0.417 e. The molecule has 21 heavy (non-hydrogen) atoms. The zero-order valence-electron chi connectivity index (χ0n) is 11.3. The molecule has 0 saturated heterocycles. The molecule has 2 aromatic rings. The number of nitrogens with zero attached hydrogens (tertiary/aromatic N) is 1. The van der Waals surface area contributed by atoms with Crippen LogP contribution in [-0.2, 0) is 6.18 Å². The first-order valence-electron chi connectivity index (χ1n) is 6.05. The van der Waals surface area contributed by atoms with Crippen LogP contribution >= 0.6 is 0 Å². The fraction of sp³-hybridized carbons (Fsp3) is 0.200. The van der Waals surface area contributed by atoms with Gasteiger partial charge < -0.3 is 0 Å². The monoisotopic (exact) mass is 297 g/mol. The van der Waals surface area contributed by atoms with Gasteiger partial charge in [0.05, 0.1) is 11.1 Å². The van der Waals surface area contributed by atoms with E-state index >= 15 is 0 Å². The minimum Gasteiger partial charge on any atom is -0.287 e. The van der Waals surface area contributed by atoms with Crippen molar-refractivity contribution in [1.29, 1.82) is 0 Å². The molecule has 0 N–H and O–H groups in total. The van der Waals surface area contributed by atoms with Gasteiger partial charge in [0.25, 0.3) is 0 Å². The Morgan fingerprint density at radius 2 is 1.81 bits per heavy atom. The summed E-state index contributed by atoms with van der Waals surface area (Å²) in [6.45, 7) is 3.24. The fourth-order valence-electron chi connectivity index (χ4n) is 2.03. The lowest BCUT2D eigenvalue weighted by Crippen LogP contribution is -2.11. The van der Waals surface area contributed by atoms with Crippen molar-refractivity contribution < 1.29 is 22.4 Å². The van der Waals surface area contributed by atoms with Crippen LogP contribution in [0.2, 0.25) is 0 Å². The highest BCUT2D eigenvalue weighted by molar-refractivity contribution is 6.08. The summed E-state index contributed by atoms with van der Waals surface area (Å²) in [5.41, 5.74) is -0.289. The molecule has 0 bridgehead atoms. The van der Waals surface area contributed by atoms with Gasteiger partial charge in [-0.3, -0.25) is 9.78 Å². The molecule has 0 aliphatic heterocycles. The van der Waals surface area contributed by atoms with Gasteiger partial charge in [0.15, 0.2) is 0 Å². The highest BCUT2D eigenvalue weighted by Gasteiger charge is 2.31. The van der Waals surface area contributed by atoms with Crippen LogP contribution in [0.15, 0.2) is 30.5 Å². The van der Waals surface area contributed by atoms with Crippen LogP contribution in [0, 0.1) is 19.7 Å². The Bertz CT molecular complexity index is 667. The van der Waals surface area contributed by atoms with Gasteiger partial charge in [0.2, 0.25) is 5.78 Å². The summed E-state index contributed by atoms with van der Waals surface area (Å²) in [5, 5.41) is 0. The van der Waals surface area contributed by atoms with E-state index in [-0.39, 0.29) is 11.3 Å². The van der Waals surface area contributed by atoms with E-state index < -0.39 is 23.3 Å². The second-order valence-corrected chi connectivity index (χ2v) is 4.70. The predicted octanol–water partition coefficient (Wildman–Crippen LogP) is 4.09. The Hall–Kier alpha value is -2.24. The summed E-state index contributed by atoms with van der Waals surface area (Å²) in [6, 6.07) is 4.52. The number of ketones is 1. The molecule has 0 aliphatic carbocycles. The van der Waals surface area contributed by atoms with Gasteiger partial charge in [-0.05, 0) is 43.2 Å². The highest BCUT2D eigenvalue weighted by atomic mass is 19.4. The number of aryl methyl sites for hydroxylation is 2. The van der Waals surface area contributed by atoms with E-state index in [0.717, 1.165) is 12.1 Å². The molecule has 0 saturated carbocycles. The summed E-state index contributed by atoms with van der Waals surface area (Å²) in [6.07, 6.45) is -3.96. The predicted molar refractivity (Wildman–Crippen MR) is 68.5 cm³/mol. The van der Waals surface area contributed by atoms with E-state index in [1.54, 1.807) is 19.9 Å². The van der Waals surface area contributed by atoms with Crippen molar-refractivity contribution in [2.24, 2.45) is 0 Å². The number of hydrogen-bond acceptors (Lipinski definition) is 2. The summed E-state index contributed by atoms with van der Waals surface area (Å²) in [7, 11) is 0. The zero-order chi connectivity index (χ0) is 15.8. The Morgan fingerprint density at radius 3 is 2.29 bits per heavy atom. The standard InChI is InChI=1S/C15H11F4NO/c1-8-5-9(2)13(11(16)6-8)14(21)12-4-3-10(7-20-12)15(17,18)19/h3-7H,1-2H3. The van der Waals surface area contributed by atoms with Gasteiger partial charge in [-0.2, -0.15) is 13.2 Å². The number of carbonyl (C=O) groups is 1. The minimum absolute atomic E-state index is 0.173. The average Bonchev–Trinajstić information content (AvgIpc) is 2.36. The number of alkyl halides is 3. The first kappa shape index (κ1) is 15.2. The summed E-state index contributed by atoms with van der Waals surface area (Å²) >= 11 is 0. The average molecular weight is 297 g/mol. The molecular weight excluding hydrogens is 286 g/mol. The maximum atomic E-state index is 13.9. The van der Waals surface area contributed by atoms with Crippen LogP contribution in [0.25, 0.3) is 0 Å². The van der Waals surface area contributed by atoms with E-state index in [4.69, 9.17) is 0 Å². The molecule has 0 aliphatic rings. The van der Waals surface area contributed by atoms with E-state index in [1.807, 2.05) is 0 Å². The lowest BCUT2D eigenvalue weighted by atomic mass is 9.99. The van der Waals surface area contributed by atoms with Crippen molar-refractivity contribution in [3.63, 3.8) is 0 Å². The zero-order valence-corrected chi connectivity index (χ0v) is 11.3. The number of rotatable bonds is 2. The Kier molecular flexibility index (Phi) is 3.80. The maximum absolute atomic E-state index is 13.9. The molecule has 0 unspecified atom stereocenters. The van der Waals surface area contributed by atoms with Crippen LogP contribution in [0.3, 0.4) is 0 Å². The lowest BCUT2D eigenvalue weighted by Gasteiger charge is -2.09. The van der Waals surface area contributed by atoms with Crippen LogP contribution in [-0.4, -0.2) is 10.8 Å². The number of halogens is 4. The molecule has 2 rings (SSSR count). The summed E-state index contributed by atoms with van der Waals surface area (Å²) in [5.74, 6) is -1.45. The van der Waals surface area contributed by atoms with Crippen molar-refractivity contribution in [3.05, 3.63) is 64.2 Å². The van der Waals surface area contributed by atoms with Gasteiger partial charge in [0.1, 0.15) is 11.5 Å². The molecule has 1 aromatic heterocycles. The third-order valence-corrected chi connectivity index (χ3v) is 2.98. The number of benzene rings is 1. The second-order valence-electron chi connectivity index (χ2n) is 4.70. The largest absolute Gasteiger partial charge is 0.417 e. The first-order valence-corrected chi connectivity index (χ1v) is 6.05. The number of aromatic nitrogens is 1. The molecule has 110 valence electrons. The molecule has 2 nitrogen and oxygen atoms in total. The van der Waals surface area contributed by atoms with Gasteiger partial charge in [0, 0.05) is 6.20 Å². The van der Waals surface area contributed by atoms with Gasteiger partial charge >= 0.3 is 6.18 Å². The fourth-order valence-corrected chi connectivity index (χ4v) is 2.03. The molecular formula is C15H11F4NO. The normalized spacial score (nSPS) is 11.5. The van der Waals surface area contributed by atoms with E-state index in [9.17, 15) is 22.4 Å². The molecule has 0 fully saturated rings. The van der Waals surface area contributed by atoms with Crippen molar-refractivity contribution in [2.45, 2.75) is 20.0 Å². The third kappa shape index (κ3) is 3.09. The van der Waals surface area contributed by atoms with Gasteiger partial charge in [-0.1, -0.05) is 6.07 Å². The Morgan fingerprint density at radius 1 is 1.14 bits per heavy atom. The van der Waals surface area contributed by atoms with E-state index in [0.29, 0.717) is 17.3 Å². The summed E-state index contributed by atoms with van der Waals surface area (Å²) < 4.78 is 51.2. The number of carbonyl (C=O) groups excluding carboxylic acids is 1. The Labute approximate surface area is 118 Å². The van der Waals surface area contributed by atoms with Gasteiger partial charge in [-0.15, -0.1) is 0 Å². The van der Waals surface area contributed by atoms with Crippen LogP contribution in [0.4, 0.5) is 17.6 Å². The quantitative estimate of drug-likeness (QED) is 0.617. The van der Waals surface area contributed by atoms with Crippen molar-refractivity contribution >= 4 is 5.78 Å². The van der Waals surface area contributed by atoms with E-state index in [1.165, 1.54) is 6.07 Å². The second kappa shape index (κ2) is 5.27. The van der Waals surface area contributed by atoms with Crippen LogP contribution in [0.1, 0.15) is 32.7 Å². The topological polar surface area (TPSA) is 30.0 Å². The summed E-state index contributed by atoms with van der Waals surface area (Å²) in [4.78, 5) is 15.7. The van der Waals surface area contributed by atoms with Crippen LogP contribution < -0.4 is 0 Å². The highest BCUT2D eigenvalue weighted by Crippen LogP contribution is 2.28. The molecule has 0 amide bonds. The SMILES string of the molecule is Cc1cc(C)c(C(=O)c2ccc(C(F)(F)F)cn2)c(F)c1. The molecule has 1 aromatic carbocycles. The molecule has 0 atom stereocenters. The smallest absolute Gasteiger partial charge is 0.287 e. The number of pyridine rings is 1. The molecule has 1 heterocycles. The molecule has 0 radical (unpaired) electrons. The lowest BCUT2D eigenvalue weighted by molar-refractivity contribution is -0.137. The van der Waals surface area contributed by atoms with Crippen LogP contribution in [0.5, 0.6) is 0 Å².